The van der Waals surface area contributed by atoms with Crippen molar-refractivity contribution >= 4 is 0 Å². The molecule has 0 radical (unpaired) electrons. The molecule has 1 aliphatic rings. The molecule has 2 heteroatoms. The number of hydrogen-bond donors (Lipinski definition) is 1. The van der Waals surface area contributed by atoms with Gasteiger partial charge in [0.05, 0.1) is 6.10 Å². The monoisotopic (exact) mass is 347 g/mol. The highest BCUT2D eigenvalue weighted by Gasteiger charge is 2.33. The quantitative estimate of drug-likeness (QED) is 0.740. The van der Waals surface area contributed by atoms with E-state index in [0.717, 1.165) is 13.1 Å². The predicted molar refractivity (Wildman–Crippen MR) is 109 cm³/mol. The van der Waals surface area contributed by atoms with E-state index in [9.17, 15) is 5.11 Å². The summed E-state index contributed by atoms with van der Waals surface area (Å²) in [5.41, 5.74) is 2.55. The molecule has 0 saturated heterocycles. The Kier molecular flexibility index (Phi) is 6.43. The minimum atomic E-state index is -0.419. The summed E-state index contributed by atoms with van der Waals surface area (Å²) in [5, 5.41) is 11.2. The van der Waals surface area contributed by atoms with Crippen molar-refractivity contribution in [1.29, 1.82) is 0 Å². The Labute approximate surface area is 157 Å². The molecular formula is C24H29NO. The van der Waals surface area contributed by atoms with Crippen molar-refractivity contribution in [2.45, 2.75) is 39.1 Å². The highest BCUT2D eigenvalue weighted by molar-refractivity contribution is 5.21. The van der Waals surface area contributed by atoms with Crippen molar-refractivity contribution < 1.29 is 5.11 Å². The second kappa shape index (κ2) is 8.98. The van der Waals surface area contributed by atoms with E-state index >= 15 is 0 Å². The van der Waals surface area contributed by atoms with Gasteiger partial charge in [0.2, 0.25) is 0 Å². The van der Waals surface area contributed by atoms with Crippen LogP contribution in [0.15, 0.2) is 85.0 Å². The van der Waals surface area contributed by atoms with Gasteiger partial charge in [-0.2, -0.15) is 0 Å². The first kappa shape index (κ1) is 18.6. The van der Waals surface area contributed by atoms with Gasteiger partial charge in [-0.05, 0) is 17.0 Å². The molecule has 0 bridgehead atoms. The maximum absolute atomic E-state index is 11.2. The van der Waals surface area contributed by atoms with Crippen molar-refractivity contribution in [3.05, 3.63) is 96.1 Å². The molecule has 0 fully saturated rings. The van der Waals surface area contributed by atoms with Crippen LogP contribution in [0.1, 0.15) is 25.0 Å². The van der Waals surface area contributed by atoms with Crippen molar-refractivity contribution in [1.82, 2.24) is 4.90 Å². The van der Waals surface area contributed by atoms with Crippen LogP contribution in [-0.4, -0.2) is 22.2 Å². The summed E-state index contributed by atoms with van der Waals surface area (Å²) in [6, 6.07) is 21.2. The normalized spacial score (nSPS) is 16.5. The van der Waals surface area contributed by atoms with Crippen LogP contribution >= 0.6 is 0 Å². The van der Waals surface area contributed by atoms with Crippen LogP contribution in [0.3, 0.4) is 0 Å². The maximum Gasteiger partial charge on any atom is 0.0795 e. The Bertz CT molecular complexity index is 667. The van der Waals surface area contributed by atoms with E-state index in [-0.39, 0.29) is 12.0 Å². The predicted octanol–water partition coefficient (Wildman–Crippen LogP) is 4.82. The average molecular weight is 348 g/mol. The standard InChI is InChI=1S/C24H29NO/c1-19(2)23(24(26)22-15-9-10-16-22)25(17-20-11-5-3-6-12-20)18-21-13-7-4-8-14-21/h3-16,19,22-24,26H,17-18H2,1-2H3/t23-,24-/m0/s1. The van der Waals surface area contributed by atoms with E-state index in [4.69, 9.17) is 0 Å². The molecule has 0 saturated carbocycles. The van der Waals surface area contributed by atoms with Gasteiger partial charge in [-0.1, -0.05) is 98.8 Å². The molecule has 0 unspecified atom stereocenters. The molecule has 3 rings (SSSR count). The Morgan fingerprint density at radius 1 is 0.808 bits per heavy atom. The summed E-state index contributed by atoms with van der Waals surface area (Å²) in [4.78, 5) is 2.43. The van der Waals surface area contributed by atoms with E-state index in [1.54, 1.807) is 0 Å². The fraction of sp³-hybridized carbons (Fsp3) is 0.333. The van der Waals surface area contributed by atoms with Crippen LogP contribution in [0.5, 0.6) is 0 Å². The Morgan fingerprint density at radius 3 is 1.69 bits per heavy atom. The van der Waals surface area contributed by atoms with E-state index in [1.165, 1.54) is 11.1 Å². The summed E-state index contributed by atoms with van der Waals surface area (Å²) in [6.07, 6.45) is 7.85. The molecule has 1 N–H and O–H groups in total. The van der Waals surface area contributed by atoms with Crippen molar-refractivity contribution in [3.8, 4) is 0 Å². The van der Waals surface area contributed by atoms with Gasteiger partial charge >= 0.3 is 0 Å². The lowest BCUT2D eigenvalue weighted by molar-refractivity contribution is 0.00126. The van der Waals surface area contributed by atoms with Gasteiger partial charge in [-0.25, -0.2) is 0 Å². The zero-order valence-corrected chi connectivity index (χ0v) is 15.7. The van der Waals surface area contributed by atoms with Crippen LogP contribution in [0, 0.1) is 11.8 Å². The van der Waals surface area contributed by atoms with Gasteiger partial charge < -0.3 is 5.11 Å². The second-order valence-electron chi connectivity index (χ2n) is 7.45. The van der Waals surface area contributed by atoms with Gasteiger partial charge in [0.15, 0.2) is 0 Å². The summed E-state index contributed by atoms with van der Waals surface area (Å²) in [7, 11) is 0. The van der Waals surface area contributed by atoms with Crippen LogP contribution in [0.4, 0.5) is 0 Å². The Hall–Kier alpha value is -2.16. The molecule has 1 aliphatic carbocycles. The summed E-state index contributed by atoms with van der Waals surface area (Å²) >= 11 is 0. The van der Waals surface area contributed by atoms with Crippen molar-refractivity contribution in [2.75, 3.05) is 0 Å². The van der Waals surface area contributed by atoms with Crippen LogP contribution < -0.4 is 0 Å². The first-order valence-electron chi connectivity index (χ1n) is 9.50. The lowest BCUT2D eigenvalue weighted by atomic mass is 9.88. The molecule has 0 amide bonds. The highest BCUT2D eigenvalue weighted by Crippen LogP contribution is 2.27. The molecule has 0 heterocycles. The van der Waals surface area contributed by atoms with Gasteiger partial charge in [0.25, 0.3) is 0 Å². The van der Waals surface area contributed by atoms with Gasteiger partial charge in [-0.15, -0.1) is 0 Å². The average Bonchev–Trinajstić information content (AvgIpc) is 3.18. The topological polar surface area (TPSA) is 23.5 Å². The summed E-state index contributed by atoms with van der Waals surface area (Å²) in [6.45, 7) is 6.07. The summed E-state index contributed by atoms with van der Waals surface area (Å²) in [5.74, 6) is 0.441. The highest BCUT2D eigenvalue weighted by atomic mass is 16.3. The number of allylic oxidation sites excluding steroid dienone is 2. The zero-order valence-electron chi connectivity index (χ0n) is 15.7. The van der Waals surface area contributed by atoms with Gasteiger partial charge in [-0.3, -0.25) is 4.90 Å². The first-order chi connectivity index (χ1) is 12.6. The largest absolute Gasteiger partial charge is 0.391 e. The molecule has 26 heavy (non-hydrogen) atoms. The SMILES string of the molecule is CC(C)[C@@H]([C@@H](O)C1C=CC=C1)N(Cc1ccccc1)Cc1ccccc1. The number of benzene rings is 2. The lowest BCUT2D eigenvalue weighted by Gasteiger charge is -2.39. The number of hydrogen-bond acceptors (Lipinski definition) is 2. The van der Waals surface area contributed by atoms with Crippen LogP contribution in [-0.2, 0) is 13.1 Å². The minimum absolute atomic E-state index is 0.0767. The Morgan fingerprint density at radius 2 is 1.27 bits per heavy atom. The molecule has 0 aromatic heterocycles. The second-order valence-corrected chi connectivity index (χ2v) is 7.45. The minimum Gasteiger partial charge on any atom is -0.391 e. The molecule has 2 aromatic rings. The van der Waals surface area contributed by atoms with Gasteiger partial charge in [0.1, 0.15) is 0 Å². The molecule has 0 aliphatic heterocycles. The molecule has 2 aromatic carbocycles. The van der Waals surface area contributed by atoms with Gasteiger partial charge in [0, 0.05) is 25.0 Å². The number of nitrogens with zero attached hydrogens (tertiary/aromatic N) is 1. The number of aliphatic hydroxyl groups is 1. The van der Waals surface area contributed by atoms with E-state index in [2.05, 4.69) is 79.4 Å². The summed E-state index contributed by atoms with van der Waals surface area (Å²) < 4.78 is 0. The third kappa shape index (κ3) is 4.72. The third-order valence-corrected chi connectivity index (χ3v) is 5.08. The molecular weight excluding hydrogens is 318 g/mol. The Balaban J connectivity index is 1.87. The first-order valence-corrected chi connectivity index (χ1v) is 9.50. The third-order valence-electron chi connectivity index (χ3n) is 5.08. The maximum atomic E-state index is 11.2. The van der Waals surface area contributed by atoms with E-state index in [1.807, 2.05) is 24.3 Å². The molecule has 2 atom stereocenters. The van der Waals surface area contributed by atoms with Crippen LogP contribution in [0.2, 0.25) is 0 Å². The van der Waals surface area contributed by atoms with Crippen molar-refractivity contribution in [2.24, 2.45) is 11.8 Å². The van der Waals surface area contributed by atoms with Crippen molar-refractivity contribution in [3.63, 3.8) is 0 Å². The molecule has 136 valence electrons. The zero-order chi connectivity index (χ0) is 18.4. The van der Waals surface area contributed by atoms with E-state index < -0.39 is 6.10 Å². The van der Waals surface area contributed by atoms with E-state index in [0.29, 0.717) is 5.92 Å². The number of aliphatic hydroxyl groups excluding tert-OH is 1. The fourth-order valence-corrected chi connectivity index (χ4v) is 3.84. The fourth-order valence-electron chi connectivity index (χ4n) is 3.84. The van der Waals surface area contributed by atoms with Crippen LogP contribution in [0.25, 0.3) is 0 Å². The lowest BCUT2D eigenvalue weighted by Crippen LogP contribution is -2.48. The number of rotatable bonds is 8. The smallest absolute Gasteiger partial charge is 0.0795 e. The molecule has 2 nitrogen and oxygen atoms in total. The molecule has 0 spiro atoms.